The highest BCUT2D eigenvalue weighted by molar-refractivity contribution is 9.11. The molecule has 35 heavy (non-hydrogen) atoms. The van der Waals surface area contributed by atoms with Crippen LogP contribution in [0.1, 0.15) is 38.8 Å². The molecule has 196 valence electrons. The number of alkyl halides is 2. The first-order valence-electron chi connectivity index (χ1n) is 11.2. The van der Waals surface area contributed by atoms with Gasteiger partial charge in [-0.05, 0) is 133 Å². The van der Waals surface area contributed by atoms with Gasteiger partial charge in [-0.1, -0.05) is 31.9 Å². The molecule has 0 radical (unpaired) electrons. The molecular formula is C25H30Br6O4. The molecule has 2 rings (SSSR count). The summed E-state index contributed by atoms with van der Waals surface area (Å²) in [6, 6.07) is 8.35. The van der Waals surface area contributed by atoms with Gasteiger partial charge < -0.3 is 18.9 Å². The van der Waals surface area contributed by atoms with Crippen LogP contribution in [0.2, 0.25) is 0 Å². The molecule has 0 amide bonds. The Morgan fingerprint density at radius 3 is 1.17 bits per heavy atom. The molecule has 0 aliphatic rings. The molecule has 10 heteroatoms. The Hall–Kier alpha value is 0.840. The Morgan fingerprint density at radius 1 is 0.571 bits per heavy atom. The Bertz CT molecular complexity index is 832. The van der Waals surface area contributed by atoms with Gasteiger partial charge in [-0.2, -0.15) is 0 Å². The fraction of sp³-hybridized carbons (Fsp3) is 0.520. The van der Waals surface area contributed by atoms with Gasteiger partial charge in [-0.15, -0.1) is 0 Å². The highest BCUT2D eigenvalue weighted by Gasteiger charge is 2.16. The molecule has 0 saturated heterocycles. The van der Waals surface area contributed by atoms with Gasteiger partial charge in [0.2, 0.25) is 0 Å². The van der Waals surface area contributed by atoms with Crippen molar-refractivity contribution in [1.82, 2.24) is 0 Å². The van der Waals surface area contributed by atoms with Crippen LogP contribution in [0.4, 0.5) is 0 Å². The van der Waals surface area contributed by atoms with Crippen LogP contribution in [-0.2, 0) is 15.9 Å². The molecule has 0 aliphatic heterocycles. The second kappa shape index (κ2) is 16.1. The number of ether oxygens (including phenoxy) is 4. The Balaban J connectivity index is 2.02. The van der Waals surface area contributed by atoms with E-state index < -0.39 is 0 Å². The van der Waals surface area contributed by atoms with Crippen LogP contribution in [0.5, 0.6) is 11.5 Å². The largest absolute Gasteiger partial charge is 0.490 e. The van der Waals surface area contributed by atoms with Crippen LogP contribution in [-0.4, -0.2) is 48.3 Å². The summed E-state index contributed by atoms with van der Waals surface area (Å²) in [7, 11) is 0. The Morgan fingerprint density at radius 2 is 0.886 bits per heavy atom. The minimum Gasteiger partial charge on any atom is -0.490 e. The van der Waals surface area contributed by atoms with E-state index in [0.717, 1.165) is 46.9 Å². The number of hydrogen-bond donors (Lipinski definition) is 0. The van der Waals surface area contributed by atoms with Crippen molar-refractivity contribution in [3.8, 4) is 11.5 Å². The third kappa shape index (κ3) is 11.6. The molecule has 2 atom stereocenters. The van der Waals surface area contributed by atoms with Gasteiger partial charge >= 0.3 is 0 Å². The SMILES string of the molecule is CC(C)OCC(Br)COc1c(Br)cc(Cc2cc(Br)c(OCC(Br)COC(C)C)c(Br)c2)cc1Br. The third-order valence-corrected chi connectivity index (χ3v) is 7.98. The Kier molecular flexibility index (Phi) is 14.7. The lowest BCUT2D eigenvalue weighted by molar-refractivity contribution is 0.0735. The topological polar surface area (TPSA) is 36.9 Å². The molecule has 0 aliphatic carbocycles. The zero-order chi connectivity index (χ0) is 26.1. The molecule has 2 unspecified atom stereocenters. The number of benzene rings is 2. The van der Waals surface area contributed by atoms with E-state index in [1.165, 1.54) is 0 Å². The molecule has 0 spiro atoms. The maximum absolute atomic E-state index is 6.03. The molecule has 0 heterocycles. The molecule has 2 aromatic rings. The summed E-state index contributed by atoms with van der Waals surface area (Å²) in [5, 5.41) is 0. The van der Waals surface area contributed by atoms with Crippen LogP contribution < -0.4 is 9.47 Å². The van der Waals surface area contributed by atoms with Crippen molar-refractivity contribution in [2.75, 3.05) is 26.4 Å². The summed E-state index contributed by atoms with van der Waals surface area (Å²) in [4.78, 5) is 0.225. The molecule has 0 N–H and O–H groups in total. The lowest BCUT2D eigenvalue weighted by Crippen LogP contribution is -2.20. The van der Waals surface area contributed by atoms with E-state index in [-0.39, 0.29) is 21.9 Å². The van der Waals surface area contributed by atoms with E-state index >= 15 is 0 Å². The van der Waals surface area contributed by atoms with Crippen molar-refractivity contribution < 1.29 is 18.9 Å². The minimum absolute atomic E-state index is 0.112. The molecule has 4 nitrogen and oxygen atoms in total. The van der Waals surface area contributed by atoms with Gasteiger partial charge in [0.25, 0.3) is 0 Å². The first-order chi connectivity index (χ1) is 16.5. The fourth-order valence-electron chi connectivity index (χ4n) is 2.98. The van der Waals surface area contributed by atoms with Gasteiger partial charge in [0.1, 0.15) is 24.7 Å². The first kappa shape index (κ1) is 32.1. The average Bonchev–Trinajstić information content (AvgIpc) is 2.75. The third-order valence-electron chi connectivity index (χ3n) is 4.56. The van der Waals surface area contributed by atoms with Crippen molar-refractivity contribution in [3.05, 3.63) is 53.3 Å². The summed E-state index contributed by atoms with van der Waals surface area (Å²) in [5.41, 5.74) is 2.29. The van der Waals surface area contributed by atoms with Crippen LogP contribution in [0.3, 0.4) is 0 Å². The van der Waals surface area contributed by atoms with E-state index in [2.05, 4.69) is 120 Å². The van der Waals surface area contributed by atoms with Gasteiger partial charge in [-0.25, -0.2) is 0 Å². The summed E-state index contributed by atoms with van der Waals surface area (Å²) in [6.45, 7) is 10.3. The maximum atomic E-state index is 6.03. The van der Waals surface area contributed by atoms with Crippen molar-refractivity contribution in [2.24, 2.45) is 0 Å². The summed E-state index contributed by atoms with van der Waals surface area (Å²) >= 11 is 21.9. The quantitative estimate of drug-likeness (QED) is 0.178. The molecule has 2 aromatic carbocycles. The zero-order valence-electron chi connectivity index (χ0n) is 20.1. The monoisotopic (exact) mass is 868 g/mol. The highest BCUT2D eigenvalue weighted by Crippen LogP contribution is 2.38. The number of hydrogen-bond acceptors (Lipinski definition) is 4. The second-order valence-electron chi connectivity index (χ2n) is 8.53. The van der Waals surface area contributed by atoms with Crippen molar-refractivity contribution in [1.29, 1.82) is 0 Å². The zero-order valence-corrected chi connectivity index (χ0v) is 29.6. The van der Waals surface area contributed by atoms with E-state index in [9.17, 15) is 0 Å². The molecule has 0 bridgehead atoms. The average molecular weight is 874 g/mol. The number of rotatable bonds is 14. The van der Waals surface area contributed by atoms with Gasteiger partial charge in [0, 0.05) is 0 Å². The van der Waals surface area contributed by atoms with E-state index in [0.29, 0.717) is 26.4 Å². The molecular weight excluding hydrogens is 844 g/mol. The summed E-state index contributed by atoms with van der Waals surface area (Å²) in [5.74, 6) is 1.55. The molecule has 0 fully saturated rings. The summed E-state index contributed by atoms with van der Waals surface area (Å²) < 4.78 is 26.9. The maximum Gasteiger partial charge on any atom is 0.147 e. The predicted octanol–water partition coefficient (Wildman–Crippen LogP) is 9.46. The van der Waals surface area contributed by atoms with Gasteiger partial charge in [0.05, 0.1) is 53.0 Å². The Labute approximate surface area is 259 Å². The number of halogens is 6. The van der Waals surface area contributed by atoms with Crippen LogP contribution in [0.25, 0.3) is 0 Å². The second-order valence-corrected chi connectivity index (χ2v) is 14.5. The van der Waals surface area contributed by atoms with Gasteiger partial charge in [0.15, 0.2) is 0 Å². The molecule has 0 saturated carbocycles. The summed E-state index contributed by atoms with van der Waals surface area (Å²) in [6.07, 6.45) is 1.14. The predicted molar refractivity (Wildman–Crippen MR) is 165 cm³/mol. The standard InChI is InChI=1S/C25H30Br6O4/c1-14(2)32-10-18(26)12-34-24-20(28)6-16(7-21(24)29)5-17-8-22(30)25(23(31)9-17)35-13-19(27)11-33-15(3)4/h6-9,14-15,18-19H,5,10-13H2,1-4H3. The minimum atomic E-state index is 0.112. The lowest BCUT2D eigenvalue weighted by Gasteiger charge is -2.17. The van der Waals surface area contributed by atoms with E-state index in [1.807, 2.05) is 27.7 Å². The first-order valence-corrected chi connectivity index (χ1v) is 16.2. The normalized spacial score (nSPS) is 13.4. The van der Waals surface area contributed by atoms with E-state index in [1.54, 1.807) is 0 Å². The van der Waals surface area contributed by atoms with Crippen molar-refractivity contribution in [3.63, 3.8) is 0 Å². The van der Waals surface area contributed by atoms with Crippen molar-refractivity contribution >= 4 is 95.6 Å². The highest BCUT2D eigenvalue weighted by atomic mass is 79.9. The van der Waals surface area contributed by atoms with Crippen LogP contribution in [0, 0.1) is 0 Å². The van der Waals surface area contributed by atoms with Gasteiger partial charge in [-0.3, -0.25) is 0 Å². The van der Waals surface area contributed by atoms with E-state index in [4.69, 9.17) is 18.9 Å². The van der Waals surface area contributed by atoms with Crippen LogP contribution in [0.15, 0.2) is 42.2 Å². The molecule has 0 aromatic heterocycles. The van der Waals surface area contributed by atoms with Crippen LogP contribution >= 0.6 is 95.6 Å². The lowest BCUT2D eigenvalue weighted by atomic mass is 10.0. The van der Waals surface area contributed by atoms with Crippen molar-refractivity contribution in [2.45, 2.75) is 56.0 Å². The fourth-order valence-corrected chi connectivity index (χ4v) is 6.57. The smallest absolute Gasteiger partial charge is 0.147 e.